The highest BCUT2D eigenvalue weighted by Gasteiger charge is 2.34. The van der Waals surface area contributed by atoms with Gasteiger partial charge in [-0.15, -0.1) is 11.8 Å². The maximum absolute atomic E-state index is 12.9. The summed E-state index contributed by atoms with van der Waals surface area (Å²) in [6, 6.07) is 2.93. The van der Waals surface area contributed by atoms with E-state index in [0.717, 1.165) is 37.5 Å². The lowest BCUT2D eigenvalue weighted by Gasteiger charge is -2.33. The van der Waals surface area contributed by atoms with E-state index in [2.05, 4.69) is 17.2 Å². The average Bonchev–Trinajstić information content (AvgIpc) is 2.38. The molecule has 7 heteroatoms. The van der Waals surface area contributed by atoms with Crippen molar-refractivity contribution >= 4 is 17.6 Å². The maximum Gasteiger partial charge on any atom is 0.419 e. The van der Waals surface area contributed by atoms with Gasteiger partial charge >= 0.3 is 6.18 Å². The Hall–Kier alpha value is -0.950. The van der Waals surface area contributed by atoms with Crippen LogP contribution in [0, 0.1) is 0 Å². The van der Waals surface area contributed by atoms with Gasteiger partial charge in [0.15, 0.2) is 0 Å². The minimum atomic E-state index is -4.35. The van der Waals surface area contributed by atoms with Gasteiger partial charge in [-0.1, -0.05) is 6.92 Å². The number of hydrogen-bond donors (Lipinski definition) is 1. The molecule has 112 valence electrons. The Morgan fingerprint density at radius 2 is 2.20 bits per heavy atom. The molecule has 1 N–H and O–H groups in total. The van der Waals surface area contributed by atoms with Gasteiger partial charge in [-0.2, -0.15) is 13.2 Å². The van der Waals surface area contributed by atoms with Crippen molar-refractivity contribution in [3.8, 4) is 0 Å². The van der Waals surface area contributed by atoms with Crippen LogP contribution in [0.15, 0.2) is 17.2 Å². The first-order chi connectivity index (χ1) is 9.41. The molecule has 0 unspecified atom stereocenters. The molecular weight excluding hydrogens is 287 g/mol. The minimum absolute atomic E-state index is 0.0729. The highest BCUT2D eigenvalue weighted by Crippen LogP contribution is 2.36. The monoisotopic (exact) mass is 305 g/mol. The summed E-state index contributed by atoms with van der Waals surface area (Å²) in [5.74, 6) is 1.19. The number of rotatable bonds is 3. The summed E-state index contributed by atoms with van der Waals surface area (Å²) in [6.45, 7) is 6.22. The predicted molar refractivity (Wildman–Crippen MR) is 75.3 cm³/mol. The number of nitrogens with zero attached hydrogens (tertiary/aromatic N) is 2. The largest absolute Gasteiger partial charge is 0.419 e. The quantitative estimate of drug-likeness (QED) is 0.869. The van der Waals surface area contributed by atoms with Crippen LogP contribution in [0.5, 0.6) is 0 Å². The van der Waals surface area contributed by atoms with Gasteiger partial charge in [0, 0.05) is 25.7 Å². The summed E-state index contributed by atoms with van der Waals surface area (Å²) in [4.78, 5) is 6.26. The van der Waals surface area contributed by atoms with E-state index in [-0.39, 0.29) is 5.03 Å². The van der Waals surface area contributed by atoms with E-state index in [1.54, 1.807) is 0 Å². The smallest absolute Gasteiger partial charge is 0.354 e. The number of hydrogen-bond acceptors (Lipinski definition) is 4. The third kappa shape index (κ3) is 3.58. The van der Waals surface area contributed by atoms with Gasteiger partial charge in [0.05, 0.1) is 5.56 Å². The van der Waals surface area contributed by atoms with E-state index in [9.17, 15) is 13.2 Å². The summed E-state index contributed by atoms with van der Waals surface area (Å²) in [6.07, 6.45) is -4.35. The Morgan fingerprint density at radius 3 is 2.80 bits per heavy atom. The van der Waals surface area contributed by atoms with Crippen LogP contribution >= 0.6 is 11.8 Å². The van der Waals surface area contributed by atoms with Crippen LogP contribution in [0.1, 0.15) is 19.4 Å². The second-order valence-corrected chi connectivity index (χ2v) is 6.01. The first-order valence-corrected chi connectivity index (χ1v) is 7.59. The molecule has 1 atom stereocenters. The van der Waals surface area contributed by atoms with Crippen molar-refractivity contribution in [1.82, 2.24) is 10.3 Å². The van der Waals surface area contributed by atoms with Crippen molar-refractivity contribution in [2.24, 2.45) is 0 Å². The van der Waals surface area contributed by atoms with Crippen LogP contribution in [0.25, 0.3) is 0 Å². The number of nitrogens with one attached hydrogen (secondary N) is 1. The molecule has 0 spiro atoms. The zero-order chi connectivity index (χ0) is 14.8. The first-order valence-electron chi connectivity index (χ1n) is 6.61. The molecule has 1 fully saturated rings. The van der Waals surface area contributed by atoms with Gasteiger partial charge in [0.2, 0.25) is 0 Å². The van der Waals surface area contributed by atoms with Crippen LogP contribution in [0.4, 0.5) is 19.0 Å². The molecule has 1 aromatic rings. The Kier molecular flexibility index (Phi) is 4.80. The third-order valence-electron chi connectivity index (χ3n) is 3.12. The average molecular weight is 305 g/mol. The fourth-order valence-electron chi connectivity index (χ4n) is 2.21. The van der Waals surface area contributed by atoms with E-state index in [4.69, 9.17) is 0 Å². The second kappa shape index (κ2) is 6.22. The second-order valence-electron chi connectivity index (χ2n) is 4.75. The zero-order valence-electron chi connectivity index (χ0n) is 11.5. The topological polar surface area (TPSA) is 28.2 Å². The van der Waals surface area contributed by atoms with E-state index in [1.807, 2.05) is 11.8 Å². The molecule has 0 bridgehead atoms. The maximum atomic E-state index is 12.9. The number of aromatic nitrogens is 1. The lowest BCUT2D eigenvalue weighted by Crippen LogP contribution is -2.49. The Bertz CT molecular complexity index is 465. The van der Waals surface area contributed by atoms with Gasteiger partial charge in [-0.25, -0.2) is 4.98 Å². The number of pyridine rings is 1. The van der Waals surface area contributed by atoms with Gasteiger partial charge in [-0.05, 0) is 24.8 Å². The summed E-state index contributed by atoms with van der Waals surface area (Å²) in [5, 5.41) is 3.38. The van der Waals surface area contributed by atoms with Crippen LogP contribution in [-0.2, 0) is 6.18 Å². The van der Waals surface area contributed by atoms with E-state index >= 15 is 0 Å². The van der Waals surface area contributed by atoms with Crippen molar-refractivity contribution in [3.63, 3.8) is 0 Å². The van der Waals surface area contributed by atoms with Crippen molar-refractivity contribution in [3.05, 3.63) is 17.7 Å². The molecule has 1 aromatic heterocycles. The highest BCUT2D eigenvalue weighted by molar-refractivity contribution is 7.99. The van der Waals surface area contributed by atoms with Crippen LogP contribution in [0.3, 0.4) is 0 Å². The lowest BCUT2D eigenvalue weighted by atomic mass is 10.2. The first kappa shape index (κ1) is 15.4. The van der Waals surface area contributed by atoms with Crippen molar-refractivity contribution < 1.29 is 13.2 Å². The molecule has 0 saturated carbocycles. The van der Waals surface area contributed by atoms with E-state index in [0.29, 0.717) is 17.6 Å². The van der Waals surface area contributed by atoms with Crippen LogP contribution in [-0.4, -0.2) is 36.4 Å². The SMILES string of the molecule is CCSc1nc(N2CCN[C@@H](C)C2)ccc1C(F)(F)F. The molecule has 0 amide bonds. The molecule has 1 aliphatic rings. The molecule has 3 nitrogen and oxygen atoms in total. The fourth-order valence-corrected chi connectivity index (χ4v) is 2.98. The number of anilines is 1. The Morgan fingerprint density at radius 1 is 1.45 bits per heavy atom. The zero-order valence-corrected chi connectivity index (χ0v) is 12.3. The third-order valence-corrected chi connectivity index (χ3v) is 4.00. The molecular formula is C13H18F3N3S. The molecule has 2 heterocycles. The molecule has 20 heavy (non-hydrogen) atoms. The number of piperazine rings is 1. The van der Waals surface area contributed by atoms with Gasteiger partial charge in [0.25, 0.3) is 0 Å². The van der Waals surface area contributed by atoms with Gasteiger partial charge in [0.1, 0.15) is 10.8 Å². The van der Waals surface area contributed by atoms with Crippen LogP contribution < -0.4 is 10.2 Å². The Labute approximate surface area is 120 Å². The van der Waals surface area contributed by atoms with Crippen molar-refractivity contribution in [2.75, 3.05) is 30.3 Å². The predicted octanol–water partition coefficient (Wildman–Crippen LogP) is 3.01. The van der Waals surface area contributed by atoms with Gasteiger partial charge < -0.3 is 10.2 Å². The minimum Gasteiger partial charge on any atom is -0.354 e. The molecule has 0 aliphatic carbocycles. The molecule has 1 saturated heterocycles. The van der Waals surface area contributed by atoms with Crippen molar-refractivity contribution in [1.29, 1.82) is 0 Å². The summed E-state index contributed by atoms with van der Waals surface area (Å²) in [5.41, 5.74) is -0.642. The Balaban J connectivity index is 2.29. The summed E-state index contributed by atoms with van der Waals surface area (Å²) < 4.78 is 38.8. The molecule has 1 aliphatic heterocycles. The van der Waals surface area contributed by atoms with Crippen LogP contribution in [0.2, 0.25) is 0 Å². The standard InChI is InChI=1S/C13H18F3N3S/c1-3-20-12-10(13(14,15)16)4-5-11(18-12)19-7-6-17-9(2)8-19/h4-5,9,17H,3,6-8H2,1-2H3/t9-/m0/s1. The van der Waals surface area contributed by atoms with E-state index in [1.165, 1.54) is 6.07 Å². The highest BCUT2D eigenvalue weighted by atomic mass is 32.2. The molecule has 0 aromatic carbocycles. The summed E-state index contributed by atoms with van der Waals surface area (Å²) in [7, 11) is 0. The van der Waals surface area contributed by atoms with Gasteiger partial charge in [-0.3, -0.25) is 0 Å². The summed E-state index contributed by atoms with van der Waals surface area (Å²) >= 11 is 1.13. The normalized spacial score (nSPS) is 20.2. The van der Waals surface area contributed by atoms with E-state index < -0.39 is 11.7 Å². The lowest BCUT2D eigenvalue weighted by molar-refractivity contribution is -0.140. The molecule has 0 radical (unpaired) electrons. The number of alkyl halides is 3. The number of halogens is 3. The molecule has 2 rings (SSSR count). The number of thioether (sulfide) groups is 1. The fraction of sp³-hybridized carbons (Fsp3) is 0.615. The van der Waals surface area contributed by atoms with Crippen molar-refractivity contribution in [2.45, 2.75) is 31.1 Å².